The molecule has 2 aliphatic heterocycles. The first-order chi connectivity index (χ1) is 9.60. The predicted molar refractivity (Wildman–Crippen MR) is 72.7 cm³/mol. The summed E-state index contributed by atoms with van der Waals surface area (Å²) in [6.07, 6.45) is 0.925. The van der Waals surface area contributed by atoms with Gasteiger partial charge in [-0.05, 0) is 17.5 Å². The molecule has 2 heterocycles. The van der Waals surface area contributed by atoms with Crippen LogP contribution in [-0.4, -0.2) is 29.8 Å². The van der Waals surface area contributed by atoms with E-state index >= 15 is 0 Å². The second-order valence-electron chi connectivity index (χ2n) is 5.06. The lowest BCUT2D eigenvalue weighted by atomic mass is 9.95. The highest BCUT2D eigenvalue weighted by atomic mass is 16.5. The molecule has 2 aliphatic rings. The van der Waals surface area contributed by atoms with Crippen LogP contribution < -0.4 is 5.73 Å². The summed E-state index contributed by atoms with van der Waals surface area (Å²) in [6.45, 7) is 3.06. The number of benzene rings is 1. The van der Waals surface area contributed by atoms with E-state index in [1.54, 1.807) is 0 Å². The molecule has 104 valence electrons. The summed E-state index contributed by atoms with van der Waals surface area (Å²) in [6, 6.07) is 5.93. The number of aryl methyl sites for hydroxylation is 1. The number of cyclic esters (lactones) is 1. The largest absolute Gasteiger partial charge is 0.454 e. The van der Waals surface area contributed by atoms with Crippen LogP contribution >= 0.6 is 0 Å². The molecular formula is C15H16N2O3. The highest BCUT2D eigenvalue weighted by molar-refractivity contribution is 6.00. The predicted octanol–water partition coefficient (Wildman–Crippen LogP) is 0.974. The van der Waals surface area contributed by atoms with E-state index in [2.05, 4.69) is 6.92 Å². The van der Waals surface area contributed by atoms with Gasteiger partial charge < -0.3 is 15.4 Å². The summed E-state index contributed by atoms with van der Waals surface area (Å²) in [7, 11) is 0. The molecule has 0 fully saturated rings. The van der Waals surface area contributed by atoms with Crippen LogP contribution in [0.2, 0.25) is 0 Å². The fraction of sp³-hybridized carbons (Fsp3) is 0.333. The van der Waals surface area contributed by atoms with Gasteiger partial charge in [-0.3, -0.25) is 4.79 Å². The van der Waals surface area contributed by atoms with Crippen molar-refractivity contribution in [2.45, 2.75) is 19.9 Å². The first kappa shape index (κ1) is 12.7. The van der Waals surface area contributed by atoms with Crippen molar-refractivity contribution in [2.24, 2.45) is 5.73 Å². The molecule has 1 aromatic rings. The number of Topliss-reactive ketones (excluding diaryl/α,β-unsaturated/α-hetero) is 1. The Morgan fingerprint density at radius 2 is 2.10 bits per heavy atom. The molecular weight excluding hydrogens is 256 g/mol. The molecule has 0 radical (unpaired) electrons. The van der Waals surface area contributed by atoms with Gasteiger partial charge in [-0.25, -0.2) is 4.79 Å². The lowest BCUT2D eigenvalue weighted by Crippen LogP contribution is -2.36. The number of ether oxygens (including phenoxy) is 1. The molecule has 2 N–H and O–H groups in total. The SMILES string of the molecule is CCc1ccc2c(c1)CN(C1=C(N)C(=O)OC1)CC2=O. The molecule has 5 nitrogen and oxygen atoms in total. The topological polar surface area (TPSA) is 72.6 Å². The number of hydrogen-bond donors (Lipinski definition) is 1. The Balaban J connectivity index is 1.96. The van der Waals surface area contributed by atoms with Gasteiger partial charge in [0.1, 0.15) is 12.3 Å². The molecule has 1 aromatic carbocycles. The minimum atomic E-state index is -0.499. The van der Waals surface area contributed by atoms with E-state index in [9.17, 15) is 9.59 Å². The number of ketones is 1. The van der Waals surface area contributed by atoms with Crippen LogP contribution in [-0.2, 0) is 22.5 Å². The van der Waals surface area contributed by atoms with E-state index in [-0.39, 0.29) is 24.6 Å². The standard InChI is InChI=1S/C15H16N2O3/c1-2-9-3-4-11-10(5-9)6-17(7-13(11)18)12-8-20-15(19)14(12)16/h3-5H,2,6-8,16H2,1H3. The summed E-state index contributed by atoms with van der Waals surface area (Å²) >= 11 is 0. The smallest absolute Gasteiger partial charge is 0.356 e. The Kier molecular flexibility index (Phi) is 2.97. The quantitative estimate of drug-likeness (QED) is 0.812. The number of hydrogen-bond acceptors (Lipinski definition) is 5. The third-order valence-electron chi connectivity index (χ3n) is 3.83. The van der Waals surface area contributed by atoms with E-state index in [0.29, 0.717) is 12.2 Å². The van der Waals surface area contributed by atoms with Gasteiger partial charge in [-0.1, -0.05) is 25.1 Å². The normalized spacial score (nSPS) is 18.4. The van der Waals surface area contributed by atoms with Crippen LogP contribution in [0.4, 0.5) is 0 Å². The second kappa shape index (κ2) is 4.67. The number of esters is 1. The number of nitrogens with two attached hydrogens (primary N) is 1. The Bertz CT molecular complexity index is 634. The molecule has 0 atom stereocenters. The fourth-order valence-electron chi connectivity index (χ4n) is 2.65. The fourth-order valence-corrected chi connectivity index (χ4v) is 2.65. The maximum absolute atomic E-state index is 12.2. The van der Waals surface area contributed by atoms with Crippen molar-refractivity contribution in [3.63, 3.8) is 0 Å². The van der Waals surface area contributed by atoms with E-state index in [4.69, 9.17) is 10.5 Å². The van der Waals surface area contributed by atoms with Crippen LogP contribution in [0.25, 0.3) is 0 Å². The maximum Gasteiger partial charge on any atom is 0.356 e. The van der Waals surface area contributed by atoms with Crippen molar-refractivity contribution in [3.05, 3.63) is 46.3 Å². The summed E-state index contributed by atoms with van der Waals surface area (Å²) in [5.41, 5.74) is 9.41. The van der Waals surface area contributed by atoms with Crippen molar-refractivity contribution in [1.29, 1.82) is 0 Å². The highest BCUT2D eigenvalue weighted by Crippen LogP contribution is 2.26. The third kappa shape index (κ3) is 1.95. The van der Waals surface area contributed by atoms with Gasteiger partial charge in [0.2, 0.25) is 0 Å². The third-order valence-corrected chi connectivity index (χ3v) is 3.83. The lowest BCUT2D eigenvalue weighted by molar-refractivity contribution is -0.136. The average Bonchev–Trinajstić information content (AvgIpc) is 2.78. The number of carbonyl (C=O) groups excluding carboxylic acids is 2. The molecule has 0 saturated carbocycles. The van der Waals surface area contributed by atoms with Crippen LogP contribution in [0, 0.1) is 0 Å². The monoisotopic (exact) mass is 272 g/mol. The molecule has 0 amide bonds. The van der Waals surface area contributed by atoms with Gasteiger partial charge in [0, 0.05) is 12.1 Å². The van der Waals surface area contributed by atoms with E-state index in [1.807, 2.05) is 23.1 Å². The molecule has 0 bridgehead atoms. The molecule has 0 aromatic heterocycles. The molecule has 0 aliphatic carbocycles. The van der Waals surface area contributed by atoms with Gasteiger partial charge >= 0.3 is 5.97 Å². The summed E-state index contributed by atoms with van der Waals surface area (Å²) in [5.74, 6) is -0.450. The minimum absolute atomic E-state index is 0.0496. The van der Waals surface area contributed by atoms with Gasteiger partial charge in [-0.2, -0.15) is 0 Å². The van der Waals surface area contributed by atoms with E-state index in [1.165, 1.54) is 5.56 Å². The Hall–Kier alpha value is -2.30. The van der Waals surface area contributed by atoms with E-state index in [0.717, 1.165) is 17.5 Å². The van der Waals surface area contributed by atoms with Crippen LogP contribution in [0.1, 0.15) is 28.4 Å². The molecule has 20 heavy (non-hydrogen) atoms. The highest BCUT2D eigenvalue weighted by Gasteiger charge is 2.31. The van der Waals surface area contributed by atoms with Gasteiger partial charge in [-0.15, -0.1) is 0 Å². The summed E-state index contributed by atoms with van der Waals surface area (Å²) in [5, 5.41) is 0. The molecule has 0 saturated heterocycles. The zero-order valence-electron chi connectivity index (χ0n) is 11.3. The zero-order valence-corrected chi connectivity index (χ0v) is 11.3. The first-order valence-corrected chi connectivity index (χ1v) is 6.66. The van der Waals surface area contributed by atoms with Crippen LogP contribution in [0.15, 0.2) is 29.6 Å². The molecule has 0 unspecified atom stereocenters. The van der Waals surface area contributed by atoms with Gasteiger partial charge in [0.05, 0.1) is 12.2 Å². The summed E-state index contributed by atoms with van der Waals surface area (Å²) < 4.78 is 4.91. The van der Waals surface area contributed by atoms with Crippen molar-refractivity contribution < 1.29 is 14.3 Å². The number of fused-ring (bicyclic) bond motifs is 1. The number of rotatable bonds is 2. The Morgan fingerprint density at radius 1 is 1.30 bits per heavy atom. The Labute approximate surface area is 117 Å². The van der Waals surface area contributed by atoms with Crippen molar-refractivity contribution in [2.75, 3.05) is 13.2 Å². The van der Waals surface area contributed by atoms with Crippen molar-refractivity contribution >= 4 is 11.8 Å². The molecule has 5 heteroatoms. The van der Waals surface area contributed by atoms with Gasteiger partial charge in [0.25, 0.3) is 0 Å². The van der Waals surface area contributed by atoms with Gasteiger partial charge in [0.15, 0.2) is 5.78 Å². The second-order valence-corrected chi connectivity index (χ2v) is 5.06. The number of carbonyl (C=O) groups is 2. The first-order valence-electron chi connectivity index (χ1n) is 6.66. The van der Waals surface area contributed by atoms with Crippen LogP contribution in [0.3, 0.4) is 0 Å². The Morgan fingerprint density at radius 3 is 2.75 bits per heavy atom. The lowest BCUT2D eigenvalue weighted by Gasteiger charge is -2.30. The average molecular weight is 272 g/mol. The van der Waals surface area contributed by atoms with Crippen molar-refractivity contribution in [3.8, 4) is 0 Å². The number of nitrogens with zero attached hydrogens (tertiary/aromatic N) is 1. The molecule has 3 rings (SSSR count). The van der Waals surface area contributed by atoms with Crippen LogP contribution in [0.5, 0.6) is 0 Å². The molecule has 0 spiro atoms. The minimum Gasteiger partial charge on any atom is -0.454 e. The zero-order chi connectivity index (χ0) is 14.3. The summed E-state index contributed by atoms with van der Waals surface area (Å²) in [4.78, 5) is 25.4. The maximum atomic E-state index is 12.2. The van der Waals surface area contributed by atoms with Crippen molar-refractivity contribution in [1.82, 2.24) is 4.90 Å². The van der Waals surface area contributed by atoms with E-state index < -0.39 is 5.97 Å².